The van der Waals surface area contributed by atoms with Crippen molar-refractivity contribution in [3.8, 4) is 0 Å². The van der Waals surface area contributed by atoms with Gasteiger partial charge in [-0.3, -0.25) is 10.1 Å². The molecule has 2 aliphatic rings. The largest absolute Gasteiger partial charge is 0.444 e. The number of carbonyl (C=O) groups excluding carboxylic acids is 1. The molecule has 8 nitrogen and oxygen atoms in total. The molecule has 0 spiro atoms. The van der Waals surface area contributed by atoms with Gasteiger partial charge in [-0.05, 0) is 31.2 Å². The van der Waals surface area contributed by atoms with E-state index in [1.807, 2.05) is 0 Å². The number of anilines is 1. The lowest BCUT2D eigenvalue weighted by Gasteiger charge is -2.27. The molecule has 0 aromatic carbocycles. The fraction of sp³-hybridized carbons (Fsp3) is 0.250. The molecule has 10 heteroatoms. The molecular weight excluding hydrogens is 363 g/mol. The van der Waals surface area contributed by atoms with Crippen LogP contribution in [0.15, 0.2) is 35.5 Å². The van der Waals surface area contributed by atoms with Crippen molar-refractivity contribution < 1.29 is 13.9 Å². The topological polar surface area (TPSA) is 124 Å². The predicted molar refractivity (Wildman–Crippen MR) is 92.2 cm³/mol. The molecule has 0 aliphatic carbocycles. The summed E-state index contributed by atoms with van der Waals surface area (Å²) in [5.74, 6) is -0.878. The van der Waals surface area contributed by atoms with E-state index in [2.05, 4.69) is 25.6 Å². The number of aromatic nitrogens is 2. The molecule has 134 valence electrons. The number of hydrogen-bond donors (Lipinski definition) is 3. The molecule has 1 saturated heterocycles. The quantitative estimate of drug-likeness (QED) is 0.695. The number of ether oxygens (including phenoxy) is 1. The van der Waals surface area contributed by atoms with Crippen LogP contribution in [-0.2, 0) is 10.3 Å². The zero-order chi connectivity index (χ0) is 18.5. The molecule has 2 aliphatic heterocycles. The zero-order valence-corrected chi connectivity index (χ0v) is 14.3. The van der Waals surface area contributed by atoms with E-state index in [-0.39, 0.29) is 35.5 Å². The Hall–Kier alpha value is -2.78. The van der Waals surface area contributed by atoms with Gasteiger partial charge in [-0.25, -0.2) is 19.4 Å². The van der Waals surface area contributed by atoms with E-state index >= 15 is 0 Å². The third-order valence-corrected chi connectivity index (χ3v) is 4.48. The van der Waals surface area contributed by atoms with Crippen molar-refractivity contribution in [2.75, 3.05) is 5.32 Å². The van der Waals surface area contributed by atoms with Crippen molar-refractivity contribution in [1.82, 2.24) is 15.3 Å². The van der Waals surface area contributed by atoms with Crippen molar-refractivity contribution >= 4 is 29.3 Å². The molecule has 0 unspecified atom stereocenters. The first-order valence-corrected chi connectivity index (χ1v) is 8.12. The van der Waals surface area contributed by atoms with Gasteiger partial charge in [0.15, 0.2) is 6.23 Å². The highest BCUT2D eigenvalue weighted by atomic mass is 35.5. The zero-order valence-electron chi connectivity index (χ0n) is 13.5. The standard InChI is InChI=1S/C16H14ClFN6O2/c1-16(12-14(23-12)26-15(19)24-16)11-8(18)3-5-10(21-11)22-13(25)9-4-2-7(17)6-20-9/h2-6,12,14,23H,1H3,(H2,19,24)(H,21,22,25)/t12-,14-,16+/m0/s1. The molecule has 0 bridgehead atoms. The van der Waals surface area contributed by atoms with Gasteiger partial charge in [0.25, 0.3) is 11.9 Å². The summed E-state index contributed by atoms with van der Waals surface area (Å²) in [6.07, 6.45) is 1.04. The van der Waals surface area contributed by atoms with E-state index in [9.17, 15) is 9.18 Å². The minimum Gasteiger partial charge on any atom is -0.444 e. The Balaban J connectivity index is 1.64. The molecular formula is C16H14ClFN6O2. The van der Waals surface area contributed by atoms with Crippen molar-refractivity contribution in [2.24, 2.45) is 10.7 Å². The summed E-state index contributed by atoms with van der Waals surface area (Å²) in [5, 5.41) is 6.04. The lowest BCUT2D eigenvalue weighted by atomic mass is 9.92. The summed E-state index contributed by atoms with van der Waals surface area (Å²) in [4.78, 5) is 24.7. The molecule has 2 aromatic heterocycles. The second-order valence-electron chi connectivity index (χ2n) is 6.12. The van der Waals surface area contributed by atoms with Crippen LogP contribution in [0, 0.1) is 5.82 Å². The first kappa shape index (κ1) is 16.7. The molecule has 1 fully saturated rings. The average Bonchev–Trinajstić information content (AvgIpc) is 3.37. The van der Waals surface area contributed by atoms with Gasteiger partial charge in [0.2, 0.25) is 0 Å². The number of nitrogens with two attached hydrogens (primary N) is 1. The minimum atomic E-state index is -1.05. The first-order valence-electron chi connectivity index (χ1n) is 7.75. The normalized spacial score (nSPS) is 26.3. The number of aliphatic imine (C=N–C) groups is 1. The van der Waals surface area contributed by atoms with Crippen LogP contribution in [0.3, 0.4) is 0 Å². The highest BCUT2D eigenvalue weighted by Crippen LogP contribution is 2.41. The second kappa shape index (κ2) is 5.89. The van der Waals surface area contributed by atoms with Gasteiger partial charge in [0, 0.05) is 6.20 Å². The van der Waals surface area contributed by atoms with Gasteiger partial charge in [0.05, 0.1) is 11.1 Å². The SMILES string of the molecule is C[C@]1(c2nc(NC(=O)c3ccc(Cl)cn3)ccc2F)N=C(N)O[C@@H]2N[C@@H]21. The van der Waals surface area contributed by atoms with Crippen LogP contribution in [-0.4, -0.2) is 34.2 Å². The number of hydrogen-bond acceptors (Lipinski definition) is 7. The summed E-state index contributed by atoms with van der Waals surface area (Å²) in [7, 11) is 0. The maximum atomic E-state index is 14.4. The van der Waals surface area contributed by atoms with Crippen LogP contribution in [0.1, 0.15) is 23.1 Å². The van der Waals surface area contributed by atoms with Crippen LogP contribution in [0.5, 0.6) is 0 Å². The van der Waals surface area contributed by atoms with Gasteiger partial charge in [-0.15, -0.1) is 0 Å². The van der Waals surface area contributed by atoms with E-state index in [1.54, 1.807) is 13.0 Å². The number of nitrogens with one attached hydrogen (secondary N) is 2. The molecule has 4 heterocycles. The van der Waals surface area contributed by atoms with Gasteiger partial charge in [-0.1, -0.05) is 11.6 Å². The van der Waals surface area contributed by atoms with Crippen LogP contribution in [0.25, 0.3) is 0 Å². The fourth-order valence-electron chi connectivity index (χ4n) is 2.89. The number of rotatable bonds is 3. The number of halogens is 2. The lowest BCUT2D eigenvalue weighted by Crippen LogP contribution is -2.39. The summed E-state index contributed by atoms with van der Waals surface area (Å²) in [5.41, 5.74) is 4.84. The van der Waals surface area contributed by atoms with Crippen molar-refractivity contribution in [3.05, 3.63) is 52.7 Å². The number of amides is 1. The van der Waals surface area contributed by atoms with Gasteiger partial charge >= 0.3 is 0 Å². The van der Waals surface area contributed by atoms with Gasteiger partial charge in [-0.2, -0.15) is 0 Å². The number of pyridine rings is 2. The summed E-state index contributed by atoms with van der Waals surface area (Å²) in [6, 6.07) is 5.32. The van der Waals surface area contributed by atoms with E-state index < -0.39 is 17.3 Å². The molecule has 26 heavy (non-hydrogen) atoms. The Kier molecular flexibility index (Phi) is 3.78. The molecule has 2 aromatic rings. The summed E-state index contributed by atoms with van der Waals surface area (Å²) in [6.45, 7) is 1.71. The summed E-state index contributed by atoms with van der Waals surface area (Å²) < 4.78 is 19.7. The molecule has 4 rings (SSSR count). The fourth-order valence-corrected chi connectivity index (χ4v) is 3.00. The Labute approximate surface area is 152 Å². The molecule has 1 amide bonds. The second-order valence-corrected chi connectivity index (χ2v) is 6.56. The maximum Gasteiger partial charge on any atom is 0.284 e. The first-order chi connectivity index (χ1) is 12.4. The predicted octanol–water partition coefficient (Wildman–Crippen LogP) is 1.38. The molecule has 0 radical (unpaired) electrons. The van der Waals surface area contributed by atoms with Crippen LogP contribution in [0.2, 0.25) is 5.02 Å². The third-order valence-electron chi connectivity index (χ3n) is 4.26. The Morgan fingerprint density at radius 1 is 1.42 bits per heavy atom. The molecule has 3 atom stereocenters. The van der Waals surface area contributed by atoms with E-state index in [4.69, 9.17) is 22.1 Å². The highest BCUT2D eigenvalue weighted by Gasteiger charge is 2.58. The van der Waals surface area contributed by atoms with Crippen LogP contribution >= 0.6 is 11.6 Å². The maximum absolute atomic E-state index is 14.4. The highest BCUT2D eigenvalue weighted by molar-refractivity contribution is 6.30. The molecule has 4 N–H and O–H groups in total. The van der Waals surface area contributed by atoms with Gasteiger partial charge in [0.1, 0.15) is 28.6 Å². The minimum absolute atomic E-state index is 0.0419. The average molecular weight is 377 g/mol. The Bertz CT molecular complexity index is 921. The van der Waals surface area contributed by atoms with E-state index in [1.165, 1.54) is 24.4 Å². The van der Waals surface area contributed by atoms with Crippen LogP contribution < -0.4 is 16.4 Å². The monoisotopic (exact) mass is 376 g/mol. The van der Waals surface area contributed by atoms with Crippen LogP contribution in [0.4, 0.5) is 10.2 Å². The lowest BCUT2D eigenvalue weighted by molar-refractivity contribution is 0.102. The van der Waals surface area contributed by atoms with E-state index in [0.29, 0.717) is 5.02 Å². The number of nitrogens with zero attached hydrogens (tertiary/aromatic N) is 3. The number of carbonyl (C=O) groups is 1. The van der Waals surface area contributed by atoms with E-state index in [0.717, 1.165) is 0 Å². The third kappa shape index (κ3) is 2.85. The Morgan fingerprint density at radius 2 is 2.23 bits per heavy atom. The number of fused-ring (bicyclic) bond motifs is 1. The molecule has 0 saturated carbocycles. The van der Waals surface area contributed by atoms with Crippen molar-refractivity contribution in [1.29, 1.82) is 0 Å². The van der Waals surface area contributed by atoms with Crippen molar-refractivity contribution in [2.45, 2.75) is 24.7 Å². The summed E-state index contributed by atoms with van der Waals surface area (Å²) >= 11 is 5.76. The van der Waals surface area contributed by atoms with Crippen molar-refractivity contribution in [3.63, 3.8) is 0 Å². The Morgan fingerprint density at radius 3 is 2.96 bits per heavy atom. The smallest absolute Gasteiger partial charge is 0.284 e. The number of amidine groups is 1. The van der Waals surface area contributed by atoms with Gasteiger partial charge < -0.3 is 15.8 Å².